The molecule has 230 valence electrons. The van der Waals surface area contributed by atoms with Crippen molar-refractivity contribution in [1.82, 2.24) is 15.0 Å². The summed E-state index contributed by atoms with van der Waals surface area (Å²) in [5.41, 5.74) is 11.4. The number of para-hydroxylation sites is 1. The Hall–Kier alpha value is -6.65. The van der Waals surface area contributed by atoms with Gasteiger partial charge < -0.3 is 4.42 Å². The maximum absolute atomic E-state index is 6.20. The summed E-state index contributed by atoms with van der Waals surface area (Å²) >= 11 is 0. The van der Waals surface area contributed by atoms with Crippen LogP contribution in [0.25, 0.3) is 89.5 Å². The van der Waals surface area contributed by atoms with E-state index in [9.17, 15) is 0 Å². The van der Waals surface area contributed by atoms with Gasteiger partial charge in [-0.3, -0.25) is 0 Å². The van der Waals surface area contributed by atoms with E-state index in [1.807, 2.05) is 66.7 Å². The molecule has 0 aliphatic rings. The molecule has 4 heteroatoms. The van der Waals surface area contributed by atoms with Crippen LogP contribution in [0, 0.1) is 0 Å². The predicted octanol–water partition coefficient (Wildman–Crippen LogP) is 11.8. The molecule has 0 aliphatic heterocycles. The summed E-state index contributed by atoms with van der Waals surface area (Å²) in [5, 5.41) is 2.03. The standard InChI is InChI=1S/C45H29N3O/c1-3-11-30(12-4-1)31-21-23-32(24-22-31)33-25-27-34(28-26-33)36-15-9-16-37(29-36)44-46-43(35-13-5-2-6-14-35)47-45(48-44)39-18-10-20-41-42(39)38-17-7-8-19-40(38)49-41/h1-29H. The van der Waals surface area contributed by atoms with Crippen LogP contribution < -0.4 is 0 Å². The molecule has 0 fully saturated rings. The van der Waals surface area contributed by atoms with Crippen molar-refractivity contribution >= 4 is 21.9 Å². The third kappa shape index (κ3) is 5.45. The van der Waals surface area contributed by atoms with Crippen LogP contribution in [-0.2, 0) is 0 Å². The van der Waals surface area contributed by atoms with Crippen molar-refractivity contribution in [3.63, 3.8) is 0 Å². The Balaban J connectivity index is 1.09. The highest BCUT2D eigenvalue weighted by atomic mass is 16.3. The van der Waals surface area contributed by atoms with Gasteiger partial charge in [-0.05, 0) is 51.6 Å². The molecule has 2 heterocycles. The van der Waals surface area contributed by atoms with E-state index in [0.717, 1.165) is 49.8 Å². The van der Waals surface area contributed by atoms with Gasteiger partial charge in [0.2, 0.25) is 0 Å². The van der Waals surface area contributed by atoms with Crippen LogP contribution in [0.1, 0.15) is 0 Å². The van der Waals surface area contributed by atoms with Gasteiger partial charge in [0.1, 0.15) is 11.2 Å². The number of hydrogen-bond donors (Lipinski definition) is 0. The van der Waals surface area contributed by atoms with Gasteiger partial charge in [0.15, 0.2) is 17.5 Å². The lowest BCUT2D eigenvalue weighted by Crippen LogP contribution is -2.00. The molecule has 0 aliphatic carbocycles. The topological polar surface area (TPSA) is 51.8 Å². The number of nitrogens with zero attached hydrogens (tertiary/aromatic N) is 3. The van der Waals surface area contributed by atoms with Gasteiger partial charge in [0.05, 0.1) is 0 Å². The summed E-state index contributed by atoms with van der Waals surface area (Å²) in [4.78, 5) is 15.1. The smallest absolute Gasteiger partial charge is 0.164 e. The molecule has 0 unspecified atom stereocenters. The van der Waals surface area contributed by atoms with Crippen LogP contribution in [0.3, 0.4) is 0 Å². The van der Waals surface area contributed by atoms with Crippen molar-refractivity contribution in [3.8, 4) is 67.5 Å². The first kappa shape index (κ1) is 28.6. The van der Waals surface area contributed by atoms with E-state index in [-0.39, 0.29) is 0 Å². The Kier molecular flexibility index (Phi) is 7.10. The number of aromatic nitrogens is 3. The molecule has 7 aromatic carbocycles. The zero-order valence-electron chi connectivity index (χ0n) is 26.5. The van der Waals surface area contributed by atoms with Crippen LogP contribution in [-0.4, -0.2) is 15.0 Å². The minimum atomic E-state index is 0.606. The van der Waals surface area contributed by atoms with E-state index >= 15 is 0 Å². The molecule has 0 radical (unpaired) electrons. The quantitative estimate of drug-likeness (QED) is 0.184. The van der Waals surface area contributed by atoms with Gasteiger partial charge in [-0.25, -0.2) is 15.0 Å². The van der Waals surface area contributed by atoms with Gasteiger partial charge in [-0.2, -0.15) is 0 Å². The van der Waals surface area contributed by atoms with Crippen LogP contribution >= 0.6 is 0 Å². The monoisotopic (exact) mass is 627 g/mol. The normalized spacial score (nSPS) is 11.3. The van der Waals surface area contributed by atoms with Gasteiger partial charge >= 0.3 is 0 Å². The molecule has 0 bridgehead atoms. The van der Waals surface area contributed by atoms with Crippen LogP contribution in [0.4, 0.5) is 0 Å². The maximum atomic E-state index is 6.20. The SMILES string of the molecule is c1ccc(-c2ccc(-c3ccc(-c4cccc(-c5nc(-c6ccccc6)nc(-c6cccc7oc8ccccc8c67)n5)c4)cc3)cc2)cc1. The number of hydrogen-bond acceptors (Lipinski definition) is 4. The highest BCUT2D eigenvalue weighted by Crippen LogP contribution is 2.37. The summed E-state index contributed by atoms with van der Waals surface area (Å²) in [6.07, 6.45) is 0. The number of fused-ring (bicyclic) bond motifs is 3. The molecule has 9 rings (SSSR count). The second kappa shape index (κ2) is 12.2. The van der Waals surface area contributed by atoms with E-state index in [2.05, 4.69) is 109 Å². The highest BCUT2D eigenvalue weighted by molar-refractivity contribution is 6.11. The fourth-order valence-electron chi connectivity index (χ4n) is 6.48. The molecule has 0 atom stereocenters. The maximum Gasteiger partial charge on any atom is 0.164 e. The minimum absolute atomic E-state index is 0.606. The Morgan fingerprint density at radius 2 is 0.755 bits per heavy atom. The van der Waals surface area contributed by atoms with Crippen molar-refractivity contribution in [2.45, 2.75) is 0 Å². The fraction of sp³-hybridized carbons (Fsp3) is 0. The second-order valence-corrected chi connectivity index (χ2v) is 12.1. The highest BCUT2D eigenvalue weighted by Gasteiger charge is 2.18. The number of rotatable bonds is 6. The average Bonchev–Trinajstić information content (AvgIpc) is 3.58. The Morgan fingerprint density at radius 3 is 1.43 bits per heavy atom. The summed E-state index contributed by atoms with van der Waals surface area (Å²) in [7, 11) is 0. The van der Waals surface area contributed by atoms with Crippen LogP contribution in [0.2, 0.25) is 0 Å². The van der Waals surface area contributed by atoms with E-state index in [4.69, 9.17) is 19.4 Å². The summed E-state index contributed by atoms with van der Waals surface area (Å²) in [6.45, 7) is 0. The zero-order chi connectivity index (χ0) is 32.6. The van der Waals surface area contributed by atoms with Crippen molar-refractivity contribution in [3.05, 3.63) is 176 Å². The summed E-state index contributed by atoms with van der Waals surface area (Å²) < 4.78 is 6.20. The summed E-state index contributed by atoms with van der Waals surface area (Å²) in [5.74, 6) is 1.85. The molecular formula is C45H29N3O. The molecule has 0 amide bonds. The fourth-order valence-corrected chi connectivity index (χ4v) is 6.48. The van der Waals surface area contributed by atoms with E-state index in [0.29, 0.717) is 17.5 Å². The molecule has 0 N–H and O–H groups in total. The predicted molar refractivity (Wildman–Crippen MR) is 200 cm³/mol. The van der Waals surface area contributed by atoms with Crippen molar-refractivity contribution < 1.29 is 4.42 Å². The van der Waals surface area contributed by atoms with Gasteiger partial charge in [-0.15, -0.1) is 0 Å². The molecule has 9 aromatic rings. The number of furan rings is 1. The van der Waals surface area contributed by atoms with Crippen molar-refractivity contribution in [2.75, 3.05) is 0 Å². The molecule has 49 heavy (non-hydrogen) atoms. The minimum Gasteiger partial charge on any atom is -0.456 e. The lowest BCUT2D eigenvalue weighted by Gasteiger charge is -2.11. The third-order valence-electron chi connectivity index (χ3n) is 8.98. The van der Waals surface area contributed by atoms with Crippen LogP contribution in [0.15, 0.2) is 180 Å². The van der Waals surface area contributed by atoms with E-state index in [1.165, 1.54) is 22.3 Å². The molecule has 0 spiro atoms. The van der Waals surface area contributed by atoms with E-state index in [1.54, 1.807) is 0 Å². The van der Waals surface area contributed by atoms with Gasteiger partial charge in [-0.1, -0.05) is 158 Å². The lowest BCUT2D eigenvalue weighted by atomic mass is 9.97. The first-order valence-corrected chi connectivity index (χ1v) is 16.4. The zero-order valence-corrected chi connectivity index (χ0v) is 26.5. The first-order chi connectivity index (χ1) is 24.3. The van der Waals surface area contributed by atoms with Crippen molar-refractivity contribution in [1.29, 1.82) is 0 Å². The molecule has 4 nitrogen and oxygen atoms in total. The average molecular weight is 628 g/mol. The van der Waals surface area contributed by atoms with E-state index < -0.39 is 0 Å². The number of benzene rings is 7. The molecular weight excluding hydrogens is 599 g/mol. The second-order valence-electron chi connectivity index (χ2n) is 12.1. The van der Waals surface area contributed by atoms with Gasteiger partial charge in [0, 0.05) is 27.5 Å². The first-order valence-electron chi connectivity index (χ1n) is 16.4. The Morgan fingerprint density at radius 1 is 0.306 bits per heavy atom. The van der Waals surface area contributed by atoms with Crippen LogP contribution in [0.5, 0.6) is 0 Å². The molecule has 2 aromatic heterocycles. The Labute approximate surface area is 284 Å². The third-order valence-corrected chi connectivity index (χ3v) is 8.98. The molecule has 0 saturated carbocycles. The largest absolute Gasteiger partial charge is 0.456 e. The van der Waals surface area contributed by atoms with Gasteiger partial charge in [0.25, 0.3) is 0 Å². The van der Waals surface area contributed by atoms with Crippen molar-refractivity contribution in [2.24, 2.45) is 0 Å². The Bertz CT molecular complexity index is 2570. The summed E-state index contributed by atoms with van der Waals surface area (Å²) in [6, 6.07) is 60.6. The molecule has 0 saturated heterocycles. The lowest BCUT2D eigenvalue weighted by molar-refractivity contribution is 0.669.